The summed E-state index contributed by atoms with van der Waals surface area (Å²) in [6.45, 7) is 1.88. The zero-order chi connectivity index (χ0) is 20.0. The first-order chi connectivity index (χ1) is 14.0. The molecule has 6 rings (SSSR count). The fourth-order valence-corrected chi connectivity index (χ4v) is 6.45. The molecule has 0 saturated heterocycles. The summed E-state index contributed by atoms with van der Waals surface area (Å²) in [5.41, 5.74) is 1.96. The van der Waals surface area contributed by atoms with Gasteiger partial charge in [0.15, 0.2) is 6.61 Å². The standard InChI is InChI=1S/C23H27N3O3/c1-14(23-10-15-6-16(11-23)8-17(7-15)12-23)26-21(27)13-29-22(28)18-2-3-19-20(9-18)25-5-4-24-19/h2-5,9,14-17H,6-8,10-13H2,1H3,(H,26,27)/t14-,15?,16?,17?,23?/m1/s1. The van der Waals surface area contributed by atoms with Crippen molar-refractivity contribution in [1.82, 2.24) is 15.3 Å². The maximum atomic E-state index is 12.5. The largest absolute Gasteiger partial charge is 0.452 e. The molecular formula is C23H27N3O3. The van der Waals surface area contributed by atoms with Crippen LogP contribution in [-0.4, -0.2) is 34.5 Å². The molecule has 4 fully saturated rings. The SMILES string of the molecule is C[C@@H](NC(=O)COC(=O)c1ccc2nccnc2c1)C12CC3CC(CC(C3)C1)C2. The molecule has 1 aromatic carbocycles. The lowest BCUT2D eigenvalue weighted by Gasteiger charge is -2.59. The molecule has 1 heterocycles. The zero-order valence-corrected chi connectivity index (χ0v) is 16.8. The highest BCUT2D eigenvalue weighted by Gasteiger charge is 2.53. The second-order valence-corrected chi connectivity index (χ2v) is 9.41. The van der Waals surface area contributed by atoms with Crippen molar-refractivity contribution in [3.63, 3.8) is 0 Å². The Morgan fingerprint density at radius 1 is 1.07 bits per heavy atom. The molecule has 0 radical (unpaired) electrons. The summed E-state index contributed by atoms with van der Waals surface area (Å²) in [4.78, 5) is 33.2. The van der Waals surface area contributed by atoms with E-state index in [0.717, 1.165) is 17.8 Å². The normalized spacial score (nSPS) is 30.9. The van der Waals surface area contributed by atoms with Gasteiger partial charge in [0.1, 0.15) is 0 Å². The van der Waals surface area contributed by atoms with Crippen LogP contribution in [0.3, 0.4) is 0 Å². The van der Waals surface area contributed by atoms with Gasteiger partial charge in [-0.25, -0.2) is 4.79 Å². The summed E-state index contributed by atoms with van der Waals surface area (Å²) in [5.74, 6) is 1.79. The second-order valence-electron chi connectivity index (χ2n) is 9.41. The number of benzene rings is 1. The van der Waals surface area contributed by atoms with Gasteiger partial charge in [-0.2, -0.15) is 0 Å². The number of amides is 1. The van der Waals surface area contributed by atoms with Gasteiger partial charge in [0.2, 0.25) is 0 Å². The summed E-state index contributed by atoms with van der Waals surface area (Å²) in [7, 11) is 0. The molecular weight excluding hydrogens is 366 g/mol. The smallest absolute Gasteiger partial charge is 0.338 e. The zero-order valence-electron chi connectivity index (χ0n) is 16.8. The molecule has 0 unspecified atom stereocenters. The molecule has 4 saturated carbocycles. The molecule has 4 bridgehead atoms. The summed E-state index contributed by atoms with van der Waals surface area (Å²) in [6.07, 6.45) is 11.0. The molecule has 1 N–H and O–H groups in total. The minimum absolute atomic E-state index is 0.123. The van der Waals surface area contributed by atoms with Crippen LogP contribution < -0.4 is 5.32 Å². The van der Waals surface area contributed by atoms with Crippen molar-refractivity contribution in [2.24, 2.45) is 23.2 Å². The molecule has 2 aromatic rings. The second kappa shape index (κ2) is 7.08. The lowest BCUT2D eigenvalue weighted by Crippen LogP contribution is -2.56. The van der Waals surface area contributed by atoms with Crippen LogP contribution >= 0.6 is 0 Å². The van der Waals surface area contributed by atoms with Crippen molar-refractivity contribution < 1.29 is 14.3 Å². The van der Waals surface area contributed by atoms with E-state index in [-0.39, 0.29) is 24.0 Å². The van der Waals surface area contributed by atoms with Crippen LogP contribution in [0.25, 0.3) is 11.0 Å². The third-order valence-corrected chi connectivity index (χ3v) is 7.42. The van der Waals surface area contributed by atoms with Crippen LogP contribution in [0, 0.1) is 23.2 Å². The number of carbonyl (C=O) groups excluding carboxylic acids is 2. The summed E-state index contributed by atoms with van der Waals surface area (Å²) in [6, 6.07) is 5.14. The first-order valence-electron chi connectivity index (χ1n) is 10.7. The average Bonchev–Trinajstić information content (AvgIpc) is 2.70. The fraction of sp³-hybridized carbons (Fsp3) is 0.565. The van der Waals surface area contributed by atoms with Crippen molar-refractivity contribution >= 4 is 22.9 Å². The van der Waals surface area contributed by atoms with Gasteiger partial charge in [0, 0.05) is 18.4 Å². The Morgan fingerprint density at radius 2 is 1.69 bits per heavy atom. The first-order valence-corrected chi connectivity index (χ1v) is 10.7. The quantitative estimate of drug-likeness (QED) is 0.786. The number of hydrogen-bond donors (Lipinski definition) is 1. The number of nitrogens with one attached hydrogen (secondary N) is 1. The predicted molar refractivity (Wildman–Crippen MR) is 108 cm³/mol. The van der Waals surface area contributed by atoms with Crippen molar-refractivity contribution in [1.29, 1.82) is 0 Å². The van der Waals surface area contributed by atoms with E-state index in [4.69, 9.17) is 4.74 Å². The van der Waals surface area contributed by atoms with E-state index in [0.29, 0.717) is 16.6 Å². The van der Waals surface area contributed by atoms with Gasteiger partial charge in [-0.1, -0.05) is 0 Å². The number of hydrogen-bond acceptors (Lipinski definition) is 5. The lowest BCUT2D eigenvalue weighted by molar-refractivity contribution is -0.128. The number of carbonyl (C=O) groups is 2. The van der Waals surface area contributed by atoms with E-state index < -0.39 is 5.97 Å². The summed E-state index contributed by atoms with van der Waals surface area (Å²) >= 11 is 0. The van der Waals surface area contributed by atoms with Gasteiger partial charge in [-0.3, -0.25) is 14.8 Å². The molecule has 152 valence electrons. The van der Waals surface area contributed by atoms with Crippen molar-refractivity contribution in [2.45, 2.75) is 51.5 Å². The van der Waals surface area contributed by atoms with Crippen molar-refractivity contribution in [3.8, 4) is 0 Å². The van der Waals surface area contributed by atoms with E-state index >= 15 is 0 Å². The van der Waals surface area contributed by atoms with Gasteiger partial charge < -0.3 is 10.1 Å². The Labute approximate surface area is 170 Å². The van der Waals surface area contributed by atoms with Crippen LogP contribution in [-0.2, 0) is 9.53 Å². The third-order valence-electron chi connectivity index (χ3n) is 7.42. The number of ether oxygens (including phenoxy) is 1. The molecule has 1 amide bonds. The summed E-state index contributed by atoms with van der Waals surface area (Å²) in [5, 5.41) is 3.13. The van der Waals surface area contributed by atoms with Crippen LogP contribution in [0.1, 0.15) is 55.8 Å². The monoisotopic (exact) mass is 393 g/mol. The number of fused-ring (bicyclic) bond motifs is 1. The van der Waals surface area contributed by atoms with E-state index in [1.165, 1.54) is 38.5 Å². The molecule has 0 spiro atoms. The van der Waals surface area contributed by atoms with E-state index in [1.54, 1.807) is 30.6 Å². The van der Waals surface area contributed by atoms with Gasteiger partial charge >= 0.3 is 5.97 Å². The molecule has 4 aliphatic carbocycles. The topological polar surface area (TPSA) is 81.2 Å². The Balaban J connectivity index is 1.18. The van der Waals surface area contributed by atoms with E-state index in [1.807, 2.05) is 0 Å². The van der Waals surface area contributed by atoms with E-state index in [9.17, 15) is 9.59 Å². The lowest BCUT2D eigenvalue weighted by atomic mass is 9.48. The third kappa shape index (κ3) is 3.49. The summed E-state index contributed by atoms with van der Waals surface area (Å²) < 4.78 is 5.26. The van der Waals surface area contributed by atoms with Crippen LogP contribution in [0.15, 0.2) is 30.6 Å². The average molecular weight is 393 g/mol. The highest BCUT2D eigenvalue weighted by molar-refractivity contribution is 5.94. The number of esters is 1. The van der Waals surface area contributed by atoms with Gasteiger partial charge in [0.05, 0.1) is 16.6 Å². The van der Waals surface area contributed by atoms with Crippen LogP contribution in [0.5, 0.6) is 0 Å². The Kier molecular flexibility index (Phi) is 4.52. The molecule has 6 nitrogen and oxygen atoms in total. The number of rotatable bonds is 5. The van der Waals surface area contributed by atoms with Gasteiger partial charge in [-0.15, -0.1) is 0 Å². The highest BCUT2D eigenvalue weighted by atomic mass is 16.5. The predicted octanol–water partition coefficient (Wildman–Crippen LogP) is 3.51. The van der Waals surface area contributed by atoms with Crippen LogP contribution in [0.2, 0.25) is 0 Å². The maximum absolute atomic E-state index is 12.5. The first kappa shape index (κ1) is 18.5. The van der Waals surface area contributed by atoms with Gasteiger partial charge in [0.25, 0.3) is 5.91 Å². The molecule has 29 heavy (non-hydrogen) atoms. The molecule has 0 aliphatic heterocycles. The van der Waals surface area contributed by atoms with Crippen molar-refractivity contribution in [2.75, 3.05) is 6.61 Å². The molecule has 6 heteroatoms. The minimum atomic E-state index is -0.518. The minimum Gasteiger partial charge on any atom is -0.452 e. The Morgan fingerprint density at radius 3 is 2.34 bits per heavy atom. The number of aromatic nitrogens is 2. The highest BCUT2D eigenvalue weighted by Crippen LogP contribution is 2.61. The Hall–Kier alpha value is -2.50. The van der Waals surface area contributed by atoms with E-state index in [2.05, 4.69) is 22.2 Å². The molecule has 1 atom stereocenters. The number of nitrogens with zero attached hydrogens (tertiary/aromatic N) is 2. The molecule has 1 aromatic heterocycles. The molecule has 4 aliphatic rings. The maximum Gasteiger partial charge on any atom is 0.338 e. The van der Waals surface area contributed by atoms with Crippen molar-refractivity contribution in [3.05, 3.63) is 36.2 Å². The van der Waals surface area contributed by atoms with Gasteiger partial charge in [-0.05, 0) is 86.8 Å². The fourth-order valence-electron chi connectivity index (χ4n) is 6.45. The Bertz CT molecular complexity index is 922. The van der Waals surface area contributed by atoms with Crippen LogP contribution in [0.4, 0.5) is 0 Å².